The highest BCUT2D eigenvalue weighted by molar-refractivity contribution is 7.99. The number of aliphatic carboxylic acids is 1. The molecular weight excluding hydrogens is 306 g/mol. The van der Waals surface area contributed by atoms with Crippen LogP contribution in [0.5, 0.6) is 0 Å². The summed E-state index contributed by atoms with van der Waals surface area (Å²) in [6, 6.07) is 0.745. The summed E-state index contributed by atoms with van der Waals surface area (Å²) in [5, 5.41) is 11.9. The molecule has 0 spiro atoms. The highest BCUT2D eigenvalue weighted by Gasteiger charge is 2.20. The smallest absolute Gasteiger partial charge is 0.328 e. The largest absolute Gasteiger partial charge is 0.480 e. The molecule has 0 aliphatic heterocycles. The van der Waals surface area contributed by atoms with Crippen LogP contribution in [-0.2, 0) is 14.3 Å². The maximum absolute atomic E-state index is 11.8. The third-order valence-electron chi connectivity index (χ3n) is 2.45. The van der Waals surface area contributed by atoms with Gasteiger partial charge in [0, 0.05) is 11.4 Å². The van der Waals surface area contributed by atoms with Gasteiger partial charge in [0.1, 0.15) is 0 Å². The predicted octanol–water partition coefficient (Wildman–Crippen LogP) is 0.958. The number of carbonyl (C=O) groups excluding carboxylic acids is 1. The molecular formula is C14H19N3O4S. The molecule has 1 rings (SSSR count). The van der Waals surface area contributed by atoms with Gasteiger partial charge in [-0.25, -0.2) is 14.8 Å². The van der Waals surface area contributed by atoms with Crippen LogP contribution in [0.3, 0.4) is 0 Å². The van der Waals surface area contributed by atoms with E-state index >= 15 is 0 Å². The zero-order chi connectivity index (χ0) is 16.5. The van der Waals surface area contributed by atoms with E-state index in [4.69, 9.17) is 9.84 Å². The second-order valence-corrected chi connectivity index (χ2v) is 5.45. The molecule has 0 radical (unpaired) electrons. The SMILES string of the molecule is C=CCOCC(NC(=O)CSc1nc(C)cc(C)n1)C(=O)O. The van der Waals surface area contributed by atoms with Gasteiger partial charge in [0.15, 0.2) is 11.2 Å². The van der Waals surface area contributed by atoms with Crippen molar-refractivity contribution in [1.29, 1.82) is 0 Å². The van der Waals surface area contributed by atoms with Crippen LogP contribution in [0.15, 0.2) is 23.9 Å². The fraction of sp³-hybridized carbons (Fsp3) is 0.429. The molecule has 1 unspecified atom stereocenters. The Bertz CT molecular complexity index is 531. The van der Waals surface area contributed by atoms with E-state index in [0.717, 1.165) is 23.1 Å². The van der Waals surface area contributed by atoms with Gasteiger partial charge in [-0.1, -0.05) is 17.8 Å². The number of aryl methyl sites for hydroxylation is 2. The van der Waals surface area contributed by atoms with Crippen LogP contribution in [-0.4, -0.2) is 52.0 Å². The Balaban J connectivity index is 2.49. The summed E-state index contributed by atoms with van der Waals surface area (Å²) < 4.78 is 5.06. The molecule has 1 atom stereocenters. The summed E-state index contributed by atoms with van der Waals surface area (Å²) in [5.41, 5.74) is 1.63. The van der Waals surface area contributed by atoms with Crippen LogP contribution >= 0.6 is 11.8 Å². The van der Waals surface area contributed by atoms with Crippen molar-refractivity contribution < 1.29 is 19.4 Å². The first-order chi connectivity index (χ1) is 10.4. The van der Waals surface area contributed by atoms with Gasteiger partial charge in [-0.2, -0.15) is 0 Å². The number of thioether (sulfide) groups is 1. The number of nitrogens with one attached hydrogen (secondary N) is 1. The molecule has 7 nitrogen and oxygen atoms in total. The molecule has 0 aliphatic rings. The number of nitrogens with zero attached hydrogens (tertiary/aromatic N) is 2. The summed E-state index contributed by atoms with van der Waals surface area (Å²) in [5.74, 6) is -1.53. The molecule has 0 aromatic carbocycles. The van der Waals surface area contributed by atoms with Crippen molar-refractivity contribution in [1.82, 2.24) is 15.3 Å². The van der Waals surface area contributed by atoms with Gasteiger partial charge >= 0.3 is 5.97 Å². The lowest BCUT2D eigenvalue weighted by Crippen LogP contribution is -2.44. The van der Waals surface area contributed by atoms with Crippen molar-refractivity contribution in [3.05, 3.63) is 30.1 Å². The molecule has 0 bridgehead atoms. The first kappa shape index (κ1) is 18.1. The first-order valence-electron chi connectivity index (χ1n) is 6.58. The molecule has 1 heterocycles. The van der Waals surface area contributed by atoms with Gasteiger partial charge < -0.3 is 15.2 Å². The van der Waals surface area contributed by atoms with Gasteiger partial charge in [0.2, 0.25) is 5.91 Å². The normalized spacial score (nSPS) is 11.7. The minimum atomic E-state index is -1.15. The van der Waals surface area contributed by atoms with E-state index in [2.05, 4.69) is 21.9 Å². The Morgan fingerprint density at radius 1 is 1.45 bits per heavy atom. The van der Waals surface area contributed by atoms with Crippen molar-refractivity contribution in [2.45, 2.75) is 25.0 Å². The lowest BCUT2D eigenvalue weighted by molar-refractivity contribution is -0.143. The Morgan fingerprint density at radius 3 is 2.64 bits per heavy atom. The number of carboxylic acid groups (broad SMARTS) is 1. The number of amides is 1. The van der Waals surface area contributed by atoms with E-state index in [9.17, 15) is 9.59 Å². The van der Waals surface area contributed by atoms with Crippen LogP contribution in [0.1, 0.15) is 11.4 Å². The van der Waals surface area contributed by atoms with Crippen LogP contribution in [0, 0.1) is 13.8 Å². The molecule has 0 fully saturated rings. The van der Waals surface area contributed by atoms with Crippen molar-refractivity contribution in [3.8, 4) is 0 Å². The number of aromatic nitrogens is 2. The van der Waals surface area contributed by atoms with Gasteiger partial charge in [-0.05, 0) is 19.9 Å². The molecule has 22 heavy (non-hydrogen) atoms. The fourth-order valence-corrected chi connectivity index (χ4v) is 2.33. The summed E-state index contributed by atoms with van der Waals surface area (Å²) in [7, 11) is 0. The third kappa shape index (κ3) is 6.68. The summed E-state index contributed by atoms with van der Waals surface area (Å²) in [6.07, 6.45) is 1.51. The molecule has 8 heteroatoms. The van der Waals surface area contributed by atoms with E-state index in [1.54, 1.807) is 0 Å². The average Bonchev–Trinajstić information content (AvgIpc) is 2.43. The van der Waals surface area contributed by atoms with Gasteiger partial charge in [0.25, 0.3) is 0 Å². The van der Waals surface area contributed by atoms with Crippen LogP contribution in [0.4, 0.5) is 0 Å². The molecule has 1 amide bonds. The van der Waals surface area contributed by atoms with E-state index in [1.165, 1.54) is 6.08 Å². The predicted molar refractivity (Wildman–Crippen MR) is 82.8 cm³/mol. The number of ether oxygens (including phenoxy) is 1. The minimum Gasteiger partial charge on any atom is -0.480 e. The zero-order valence-electron chi connectivity index (χ0n) is 12.5. The number of carbonyl (C=O) groups is 2. The maximum Gasteiger partial charge on any atom is 0.328 e. The minimum absolute atomic E-state index is 0.0358. The van der Waals surface area contributed by atoms with Crippen molar-refractivity contribution >= 4 is 23.6 Å². The standard InChI is InChI=1S/C14H19N3O4S/c1-4-5-21-7-11(13(19)20)17-12(18)8-22-14-15-9(2)6-10(3)16-14/h4,6,11H,1,5,7-8H2,2-3H3,(H,17,18)(H,19,20). The van der Waals surface area contributed by atoms with E-state index in [-0.39, 0.29) is 19.0 Å². The zero-order valence-corrected chi connectivity index (χ0v) is 13.4. The number of rotatable bonds is 9. The molecule has 1 aromatic heterocycles. The van der Waals surface area contributed by atoms with Crippen molar-refractivity contribution in [2.24, 2.45) is 0 Å². The average molecular weight is 325 g/mol. The Morgan fingerprint density at radius 2 is 2.09 bits per heavy atom. The maximum atomic E-state index is 11.8. The van der Waals surface area contributed by atoms with Gasteiger partial charge in [-0.15, -0.1) is 6.58 Å². The third-order valence-corrected chi connectivity index (χ3v) is 3.29. The quantitative estimate of drug-likeness (QED) is 0.302. The molecule has 2 N–H and O–H groups in total. The topological polar surface area (TPSA) is 101 Å². The Hall–Kier alpha value is -1.93. The van der Waals surface area contributed by atoms with E-state index < -0.39 is 17.9 Å². The Labute approximate surface area is 133 Å². The van der Waals surface area contributed by atoms with Crippen molar-refractivity contribution in [2.75, 3.05) is 19.0 Å². The molecule has 1 aromatic rings. The summed E-state index contributed by atoms with van der Waals surface area (Å²) in [6.45, 7) is 7.26. The van der Waals surface area contributed by atoms with Crippen LogP contribution in [0.2, 0.25) is 0 Å². The lowest BCUT2D eigenvalue weighted by Gasteiger charge is -2.14. The monoisotopic (exact) mass is 325 g/mol. The molecule has 0 saturated carbocycles. The molecule has 0 saturated heterocycles. The van der Waals surface area contributed by atoms with E-state index in [0.29, 0.717) is 5.16 Å². The van der Waals surface area contributed by atoms with Crippen molar-refractivity contribution in [3.63, 3.8) is 0 Å². The highest BCUT2D eigenvalue weighted by atomic mass is 32.2. The second-order valence-electron chi connectivity index (χ2n) is 4.51. The van der Waals surface area contributed by atoms with Crippen LogP contribution < -0.4 is 5.32 Å². The fourth-order valence-electron chi connectivity index (χ4n) is 1.57. The second kappa shape index (κ2) is 9.16. The first-order valence-corrected chi connectivity index (χ1v) is 7.57. The number of carboxylic acids is 1. The lowest BCUT2D eigenvalue weighted by atomic mass is 10.3. The summed E-state index contributed by atoms with van der Waals surface area (Å²) >= 11 is 1.15. The molecule has 120 valence electrons. The molecule has 0 aliphatic carbocycles. The van der Waals surface area contributed by atoms with Crippen LogP contribution in [0.25, 0.3) is 0 Å². The highest BCUT2D eigenvalue weighted by Crippen LogP contribution is 2.13. The van der Waals surface area contributed by atoms with E-state index in [1.807, 2.05) is 19.9 Å². The van der Waals surface area contributed by atoms with Gasteiger partial charge in [-0.3, -0.25) is 4.79 Å². The number of hydrogen-bond acceptors (Lipinski definition) is 6. The Kier molecular flexibility index (Phi) is 7.55. The van der Waals surface area contributed by atoms with Gasteiger partial charge in [0.05, 0.1) is 19.0 Å². The summed E-state index contributed by atoms with van der Waals surface area (Å²) in [4.78, 5) is 31.2. The number of hydrogen-bond donors (Lipinski definition) is 2.